The van der Waals surface area contributed by atoms with E-state index in [1.54, 1.807) is 4.57 Å². The van der Waals surface area contributed by atoms with E-state index in [4.69, 9.17) is 4.74 Å². The number of nitrogens with zero attached hydrogens (tertiary/aromatic N) is 2. The number of ether oxygens (including phenoxy) is 1. The van der Waals surface area contributed by atoms with Gasteiger partial charge in [0.05, 0.1) is 11.0 Å². The van der Waals surface area contributed by atoms with Crippen molar-refractivity contribution in [1.82, 2.24) is 9.13 Å². The van der Waals surface area contributed by atoms with Crippen molar-refractivity contribution in [1.29, 1.82) is 0 Å². The zero-order valence-electron chi connectivity index (χ0n) is 12.9. The van der Waals surface area contributed by atoms with Crippen molar-refractivity contribution in [3.63, 3.8) is 0 Å². The molecule has 0 aliphatic carbocycles. The maximum atomic E-state index is 12.4. The smallest absolute Gasteiger partial charge is 0.329 e. The fourth-order valence-corrected chi connectivity index (χ4v) is 2.64. The summed E-state index contributed by atoms with van der Waals surface area (Å²) in [5.74, 6) is -0.421. The lowest BCUT2D eigenvalue weighted by molar-refractivity contribution is -0.145. The van der Waals surface area contributed by atoms with Crippen molar-refractivity contribution in [3.05, 3.63) is 70.6 Å². The van der Waals surface area contributed by atoms with Crippen LogP contribution in [0.1, 0.15) is 12.5 Å². The third kappa shape index (κ3) is 3.04. The lowest BCUT2D eigenvalue weighted by Crippen LogP contribution is -2.27. The number of carbonyl (C=O) groups is 1. The number of aryl methyl sites for hydroxylation is 1. The number of para-hydroxylation sites is 2. The predicted molar refractivity (Wildman–Crippen MR) is 88.1 cm³/mol. The average molecular weight is 310 g/mol. The maximum Gasteiger partial charge on any atom is 0.329 e. The van der Waals surface area contributed by atoms with Gasteiger partial charge in [0.15, 0.2) is 0 Å². The van der Waals surface area contributed by atoms with Crippen molar-refractivity contribution in [2.75, 3.05) is 0 Å². The summed E-state index contributed by atoms with van der Waals surface area (Å²) in [6.45, 7) is 2.59. The Bertz CT molecular complexity index is 878. The van der Waals surface area contributed by atoms with Crippen molar-refractivity contribution in [3.8, 4) is 0 Å². The van der Waals surface area contributed by atoms with E-state index in [0.29, 0.717) is 6.54 Å². The van der Waals surface area contributed by atoms with E-state index in [0.717, 1.165) is 16.6 Å². The molecule has 0 fully saturated rings. The molecule has 0 spiro atoms. The fourth-order valence-electron chi connectivity index (χ4n) is 2.64. The molecule has 0 saturated heterocycles. The van der Waals surface area contributed by atoms with Crippen LogP contribution >= 0.6 is 0 Å². The third-order valence-electron chi connectivity index (χ3n) is 3.77. The Morgan fingerprint density at radius 1 is 0.957 bits per heavy atom. The molecule has 3 rings (SSSR count). The minimum absolute atomic E-state index is 0.0841. The van der Waals surface area contributed by atoms with Crippen molar-refractivity contribution in [2.24, 2.45) is 0 Å². The Morgan fingerprint density at radius 3 is 2.22 bits per heavy atom. The number of hydrogen-bond donors (Lipinski definition) is 0. The number of benzene rings is 2. The molecule has 23 heavy (non-hydrogen) atoms. The zero-order valence-corrected chi connectivity index (χ0v) is 12.9. The molecular formula is C18H18N2O3. The summed E-state index contributed by atoms with van der Waals surface area (Å²) in [6, 6.07) is 16.9. The monoisotopic (exact) mass is 310 g/mol. The highest BCUT2D eigenvalue weighted by molar-refractivity contribution is 5.78. The zero-order chi connectivity index (χ0) is 16.2. The van der Waals surface area contributed by atoms with Crippen LogP contribution in [-0.2, 0) is 29.2 Å². The Kier molecular flexibility index (Phi) is 4.28. The highest BCUT2D eigenvalue weighted by Crippen LogP contribution is 2.13. The summed E-state index contributed by atoms with van der Waals surface area (Å²) in [7, 11) is 0. The van der Waals surface area contributed by atoms with Gasteiger partial charge in [-0.2, -0.15) is 0 Å². The molecule has 0 atom stereocenters. The molecule has 0 amide bonds. The Labute approximate surface area is 133 Å². The molecule has 0 unspecified atom stereocenters. The van der Waals surface area contributed by atoms with Gasteiger partial charge in [0.2, 0.25) is 0 Å². The lowest BCUT2D eigenvalue weighted by atomic mass is 10.2. The van der Waals surface area contributed by atoms with Crippen LogP contribution in [0.5, 0.6) is 0 Å². The van der Waals surface area contributed by atoms with Crippen LogP contribution < -0.4 is 5.69 Å². The summed E-state index contributed by atoms with van der Waals surface area (Å²) in [6.07, 6.45) is 0. The fraction of sp³-hybridized carbons (Fsp3) is 0.222. The molecule has 5 nitrogen and oxygen atoms in total. The van der Waals surface area contributed by atoms with Crippen LogP contribution in [0.4, 0.5) is 0 Å². The standard InChI is InChI=1S/C18H18N2O3/c1-2-19-15-10-6-7-11-16(15)20(18(19)22)12-17(21)23-13-14-8-4-3-5-9-14/h3-11H,2,12-13H2,1H3. The number of hydrogen-bond acceptors (Lipinski definition) is 3. The highest BCUT2D eigenvalue weighted by Gasteiger charge is 2.15. The van der Waals surface area contributed by atoms with Gasteiger partial charge in [-0.05, 0) is 24.6 Å². The molecular weight excluding hydrogens is 292 g/mol. The molecule has 0 bridgehead atoms. The molecule has 0 saturated carbocycles. The minimum Gasteiger partial charge on any atom is -0.459 e. The van der Waals surface area contributed by atoms with E-state index in [2.05, 4.69) is 0 Å². The number of esters is 1. The van der Waals surface area contributed by atoms with Crippen LogP contribution in [0, 0.1) is 0 Å². The summed E-state index contributed by atoms with van der Waals surface area (Å²) in [5.41, 5.74) is 2.31. The minimum atomic E-state index is -0.421. The molecule has 0 aliphatic heterocycles. The Morgan fingerprint density at radius 2 is 1.57 bits per heavy atom. The normalized spacial score (nSPS) is 10.8. The number of carbonyl (C=O) groups excluding carboxylic acids is 1. The first kappa shape index (κ1) is 15.1. The number of imidazole rings is 1. The van der Waals surface area contributed by atoms with E-state index in [1.807, 2.05) is 61.5 Å². The first-order valence-corrected chi connectivity index (χ1v) is 7.58. The quantitative estimate of drug-likeness (QED) is 0.681. The van der Waals surface area contributed by atoms with Gasteiger partial charge in [-0.3, -0.25) is 13.9 Å². The molecule has 0 aliphatic rings. The molecule has 2 aromatic carbocycles. The van der Waals surface area contributed by atoms with Gasteiger partial charge in [0.25, 0.3) is 0 Å². The van der Waals surface area contributed by atoms with Crippen LogP contribution in [-0.4, -0.2) is 15.1 Å². The van der Waals surface area contributed by atoms with Gasteiger partial charge in [0.1, 0.15) is 13.2 Å². The molecule has 1 heterocycles. The molecule has 1 aromatic heterocycles. The first-order valence-electron chi connectivity index (χ1n) is 7.58. The average Bonchev–Trinajstić information content (AvgIpc) is 2.85. The predicted octanol–water partition coefficient (Wildman–Crippen LogP) is 2.57. The molecule has 0 N–H and O–H groups in total. The summed E-state index contributed by atoms with van der Waals surface area (Å²) >= 11 is 0. The van der Waals surface area contributed by atoms with Crippen molar-refractivity contribution >= 4 is 17.0 Å². The van der Waals surface area contributed by atoms with Crippen molar-refractivity contribution < 1.29 is 9.53 Å². The maximum absolute atomic E-state index is 12.4. The van der Waals surface area contributed by atoms with Gasteiger partial charge < -0.3 is 4.74 Å². The van der Waals surface area contributed by atoms with E-state index in [9.17, 15) is 9.59 Å². The third-order valence-corrected chi connectivity index (χ3v) is 3.77. The van der Waals surface area contributed by atoms with E-state index < -0.39 is 5.97 Å². The van der Waals surface area contributed by atoms with Crippen LogP contribution in [0.25, 0.3) is 11.0 Å². The molecule has 0 radical (unpaired) electrons. The summed E-state index contributed by atoms with van der Waals surface area (Å²) < 4.78 is 8.39. The highest BCUT2D eigenvalue weighted by atomic mass is 16.5. The lowest BCUT2D eigenvalue weighted by Gasteiger charge is -2.06. The number of aromatic nitrogens is 2. The molecule has 5 heteroatoms. The second kappa shape index (κ2) is 6.52. The SMILES string of the molecule is CCn1c(=O)n(CC(=O)OCc2ccccc2)c2ccccc21. The van der Waals surface area contributed by atoms with E-state index in [-0.39, 0.29) is 18.8 Å². The van der Waals surface area contributed by atoms with Gasteiger partial charge in [0, 0.05) is 6.54 Å². The summed E-state index contributed by atoms with van der Waals surface area (Å²) in [4.78, 5) is 24.5. The van der Waals surface area contributed by atoms with Crippen LogP contribution in [0.3, 0.4) is 0 Å². The number of fused-ring (bicyclic) bond motifs is 1. The van der Waals surface area contributed by atoms with Crippen LogP contribution in [0.2, 0.25) is 0 Å². The topological polar surface area (TPSA) is 53.2 Å². The number of rotatable bonds is 5. The van der Waals surface area contributed by atoms with Gasteiger partial charge in [-0.25, -0.2) is 4.79 Å². The van der Waals surface area contributed by atoms with E-state index >= 15 is 0 Å². The molecule has 3 aromatic rings. The first-order chi connectivity index (χ1) is 11.2. The van der Waals surface area contributed by atoms with Crippen molar-refractivity contribution in [2.45, 2.75) is 26.6 Å². The van der Waals surface area contributed by atoms with Gasteiger partial charge in [-0.1, -0.05) is 42.5 Å². The van der Waals surface area contributed by atoms with Gasteiger partial charge >= 0.3 is 11.7 Å². The van der Waals surface area contributed by atoms with Crippen LogP contribution in [0.15, 0.2) is 59.4 Å². The largest absolute Gasteiger partial charge is 0.459 e. The van der Waals surface area contributed by atoms with E-state index in [1.165, 1.54) is 4.57 Å². The second-order valence-electron chi connectivity index (χ2n) is 5.25. The Balaban J connectivity index is 1.80. The molecule has 118 valence electrons. The summed E-state index contributed by atoms with van der Waals surface area (Å²) in [5, 5.41) is 0. The second-order valence-corrected chi connectivity index (χ2v) is 5.25. The Hall–Kier alpha value is -2.82. The van der Waals surface area contributed by atoms with Gasteiger partial charge in [-0.15, -0.1) is 0 Å².